The van der Waals surface area contributed by atoms with E-state index in [1.807, 2.05) is 0 Å². The number of aryl methyl sites for hydroxylation is 1. The summed E-state index contributed by atoms with van der Waals surface area (Å²) in [6, 6.07) is 9.21. The molecule has 0 aliphatic carbocycles. The Morgan fingerprint density at radius 3 is 2.21 bits per heavy atom. The van der Waals surface area contributed by atoms with Gasteiger partial charge in [0.15, 0.2) is 0 Å². The Morgan fingerprint density at radius 2 is 1.68 bits per heavy atom. The Bertz CT molecular complexity index is 1280. The Labute approximate surface area is 201 Å². The van der Waals surface area contributed by atoms with Crippen molar-refractivity contribution in [3.8, 4) is 11.1 Å². The zero-order valence-corrected chi connectivity index (χ0v) is 19.0. The first-order valence-corrected chi connectivity index (χ1v) is 10.5. The second kappa shape index (κ2) is 9.90. The van der Waals surface area contributed by atoms with E-state index in [0.717, 1.165) is 6.07 Å². The highest BCUT2D eigenvalue weighted by Crippen LogP contribution is 2.35. The number of nitrogens with one attached hydrogen (secondary N) is 2. The molecule has 6 nitrogen and oxygen atoms in total. The van der Waals surface area contributed by atoms with Gasteiger partial charge < -0.3 is 15.4 Å². The molecule has 0 fully saturated rings. The summed E-state index contributed by atoms with van der Waals surface area (Å²) in [7, 11) is 0. The first-order chi connectivity index (χ1) is 15.9. The molecule has 0 radical (unpaired) electrons. The van der Waals surface area contributed by atoms with E-state index in [2.05, 4.69) is 10.3 Å². The van der Waals surface area contributed by atoms with E-state index in [0.29, 0.717) is 5.56 Å². The Hall–Kier alpha value is -3.30. The summed E-state index contributed by atoms with van der Waals surface area (Å²) in [4.78, 5) is 38.9. The van der Waals surface area contributed by atoms with E-state index < -0.39 is 40.8 Å². The fraction of sp³-hybridized carbons (Fsp3) is 0.174. The number of amides is 1. The number of benzene rings is 2. The predicted molar refractivity (Wildman–Crippen MR) is 121 cm³/mol. The monoisotopic (exact) mass is 512 g/mol. The van der Waals surface area contributed by atoms with E-state index in [9.17, 15) is 32.7 Å². The van der Waals surface area contributed by atoms with Crippen LogP contribution in [0.1, 0.15) is 27.2 Å². The van der Waals surface area contributed by atoms with Crippen LogP contribution in [0.5, 0.6) is 0 Å². The molecule has 1 aromatic heterocycles. The minimum absolute atomic E-state index is 0.0103. The molecule has 0 unspecified atom stereocenters. The van der Waals surface area contributed by atoms with E-state index in [4.69, 9.17) is 23.2 Å². The lowest BCUT2D eigenvalue weighted by Gasteiger charge is -2.17. The van der Waals surface area contributed by atoms with Crippen molar-refractivity contribution in [1.29, 1.82) is 0 Å². The topological polar surface area (TPSA) is 99.3 Å². The van der Waals surface area contributed by atoms with Crippen LogP contribution in [0.2, 0.25) is 10.0 Å². The smallest absolute Gasteiger partial charge is 0.417 e. The highest BCUT2D eigenvalue weighted by atomic mass is 35.5. The maximum Gasteiger partial charge on any atom is 0.417 e. The average molecular weight is 513 g/mol. The van der Waals surface area contributed by atoms with Crippen molar-refractivity contribution in [3.63, 3.8) is 0 Å². The van der Waals surface area contributed by atoms with Crippen LogP contribution in [0.25, 0.3) is 11.1 Å². The summed E-state index contributed by atoms with van der Waals surface area (Å²) in [5.41, 5.74) is -2.11. The average Bonchev–Trinajstić information content (AvgIpc) is 2.72. The van der Waals surface area contributed by atoms with Crippen molar-refractivity contribution < 1.29 is 27.9 Å². The van der Waals surface area contributed by atoms with Crippen LogP contribution < -0.4 is 10.9 Å². The fourth-order valence-electron chi connectivity index (χ4n) is 3.39. The molecule has 0 bridgehead atoms. The maximum absolute atomic E-state index is 13.5. The number of alkyl halides is 3. The van der Waals surface area contributed by atoms with Crippen molar-refractivity contribution in [2.75, 3.05) is 0 Å². The van der Waals surface area contributed by atoms with Gasteiger partial charge in [-0.1, -0.05) is 53.5 Å². The van der Waals surface area contributed by atoms with Gasteiger partial charge in [-0.05, 0) is 36.2 Å². The molecule has 178 valence electrons. The summed E-state index contributed by atoms with van der Waals surface area (Å²) >= 11 is 12.0. The zero-order chi connectivity index (χ0) is 25.2. The summed E-state index contributed by atoms with van der Waals surface area (Å²) < 4.78 is 40.4. The number of aliphatic carboxylic acids is 1. The Kier molecular flexibility index (Phi) is 7.38. The first kappa shape index (κ1) is 25.3. The van der Waals surface area contributed by atoms with Gasteiger partial charge in [-0.25, -0.2) is 4.79 Å². The largest absolute Gasteiger partial charge is 0.480 e. The third-order valence-electron chi connectivity index (χ3n) is 4.95. The number of halogens is 5. The summed E-state index contributed by atoms with van der Waals surface area (Å²) in [6.07, 6.45) is -4.93. The van der Waals surface area contributed by atoms with Gasteiger partial charge in [0.25, 0.3) is 11.5 Å². The number of hydrogen-bond acceptors (Lipinski definition) is 3. The van der Waals surface area contributed by atoms with Crippen LogP contribution in [-0.2, 0) is 17.4 Å². The SMILES string of the molecule is Cc1cc(C(F)(F)F)c(-c2ccc(C[C@H](NC(=O)c3c(Cl)cccc3Cl)C(=O)O)cc2)c(=O)[nH]1. The zero-order valence-electron chi connectivity index (χ0n) is 17.5. The number of H-pyrrole nitrogens is 1. The molecule has 0 saturated heterocycles. The number of pyridine rings is 1. The molecule has 3 rings (SSSR count). The van der Waals surface area contributed by atoms with Gasteiger partial charge in [0.05, 0.1) is 26.7 Å². The Morgan fingerprint density at radius 1 is 1.09 bits per heavy atom. The van der Waals surface area contributed by atoms with Crippen LogP contribution >= 0.6 is 23.2 Å². The number of carboxylic acid groups (broad SMARTS) is 1. The van der Waals surface area contributed by atoms with Crippen molar-refractivity contribution in [2.45, 2.75) is 25.6 Å². The molecule has 0 aliphatic heterocycles. The standard InChI is InChI=1S/C23H17Cl2F3N2O4/c1-11-9-14(23(26,27)28)18(20(31)29-11)13-7-5-12(6-8-13)10-17(22(33)34)30-21(32)19-15(24)3-2-4-16(19)25/h2-9,17H,10H2,1H3,(H,29,31)(H,30,32)(H,33,34)/t17-/m0/s1. The number of carbonyl (C=O) groups is 2. The van der Waals surface area contributed by atoms with Gasteiger partial charge in [-0.15, -0.1) is 0 Å². The second-order valence-electron chi connectivity index (χ2n) is 7.43. The molecule has 1 heterocycles. The molecule has 0 aliphatic rings. The van der Waals surface area contributed by atoms with Gasteiger partial charge in [-0.2, -0.15) is 13.2 Å². The highest BCUT2D eigenvalue weighted by Gasteiger charge is 2.35. The number of aromatic amines is 1. The van der Waals surface area contributed by atoms with Gasteiger partial charge >= 0.3 is 12.1 Å². The minimum atomic E-state index is -4.74. The molecule has 1 amide bonds. The van der Waals surface area contributed by atoms with Gasteiger partial charge in [-0.3, -0.25) is 9.59 Å². The maximum atomic E-state index is 13.5. The van der Waals surface area contributed by atoms with Gasteiger partial charge in [0.2, 0.25) is 0 Å². The first-order valence-electron chi connectivity index (χ1n) is 9.76. The van der Waals surface area contributed by atoms with Crippen molar-refractivity contribution >= 4 is 35.1 Å². The molecule has 0 spiro atoms. The molecule has 34 heavy (non-hydrogen) atoms. The van der Waals surface area contributed by atoms with Crippen LogP contribution in [-0.4, -0.2) is 28.0 Å². The molecule has 3 N–H and O–H groups in total. The lowest BCUT2D eigenvalue weighted by atomic mass is 9.97. The van der Waals surface area contributed by atoms with Crippen LogP contribution in [0.3, 0.4) is 0 Å². The highest BCUT2D eigenvalue weighted by molar-refractivity contribution is 6.39. The van der Waals surface area contributed by atoms with Gasteiger partial charge in [0, 0.05) is 12.1 Å². The third-order valence-corrected chi connectivity index (χ3v) is 5.58. The second-order valence-corrected chi connectivity index (χ2v) is 8.24. The van der Waals surface area contributed by atoms with Crippen LogP contribution in [0.4, 0.5) is 13.2 Å². The third kappa shape index (κ3) is 5.60. The summed E-state index contributed by atoms with van der Waals surface area (Å²) in [5.74, 6) is -2.13. The molecular weight excluding hydrogens is 496 g/mol. The van der Waals surface area contributed by atoms with Crippen molar-refractivity contribution in [2.24, 2.45) is 0 Å². The molecule has 2 aromatic carbocycles. The fourth-order valence-corrected chi connectivity index (χ4v) is 3.96. The van der Waals surface area contributed by atoms with Crippen molar-refractivity contribution in [3.05, 3.63) is 91.3 Å². The van der Waals surface area contributed by atoms with E-state index >= 15 is 0 Å². The van der Waals surface area contributed by atoms with Crippen molar-refractivity contribution in [1.82, 2.24) is 10.3 Å². The van der Waals surface area contributed by atoms with Gasteiger partial charge in [0.1, 0.15) is 6.04 Å². The molecule has 3 aromatic rings. The number of hydrogen-bond donors (Lipinski definition) is 3. The quantitative estimate of drug-likeness (QED) is 0.427. The number of rotatable bonds is 6. The molecule has 1 atom stereocenters. The molecular formula is C23H17Cl2F3N2O4. The summed E-state index contributed by atoms with van der Waals surface area (Å²) in [5, 5.41) is 12.0. The Balaban J connectivity index is 1.87. The number of carbonyl (C=O) groups excluding carboxylic acids is 1. The molecule has 0 saturated carbocycles. The number of carboxylic acids is 1. The minimum Gasteiger partial charge on any atom is -0.480 e. The lowest BCUT2D eigenvalue weighted by molar-refractivity contribution is -0.139. The normalized spacial score (nSPS) is 12.3. The predicted octanol–water partition coefficient (Wildman–Crippen LogP) is 5.10. The van der Waals surface area contributed by atoms with Crippen LogP contribution in [0, 0.1) is 6.92 Å². The van der Waals surface area contributed by atoms with E-state index in [1.54, 1.807) is 0 Å². The molecule has 11 heteroatoms. The van der Waals surface area contributed by atoms with E-state index in [1.165, 1.54) is 49.4 Å². The van der Waals surface area contributed by atoms with E-state index in [-0.39, 0.29) is 33.3 Å². The number of aromatic nitrogens is 1. The summed E-state index contributed by atoms with van der Waals surface area (Å²) in [6.45, 7) is 1.35. The van der Waals surface area contributed by atoms with Crippen LogP contribution in [0.15, 0.2) is 53.3 Å². The lowest BCUT2D eigenvalue weighted by Crippen LogP contribution is -2.42.